The summed E-state index contributed by atoms with van der Waals surface area (Å²) in [5.41, 5.74) is 10.3. The van der Waals surface area contributed by atoms with Gasteiger partial charge in [-0.15, -0.1) is 0 Å². The first-order chi connectivity index (χ1) is 9.28. The normalized spacial score (nSPS) is 15.3. The van der Waals surface area contributed by atoms with Gasteiger partial charge in [-0.05, 0) is 7.05 Å². The van der Waals surface area contributed by atoms with Crippen LogP contribution in [-0.4, -0.2) is 28.5 Å². The molecule has 0 fully saturated rings. The van der Waals surface area contributed by atoms with E-state index in [9.17, 15) is 0 Å². The van der Waals surface area contributed by atoms with Gasteiger partial charge >= 0.3 is 0 Å². The fourth-order valence-electron chi connectivity index (χ4n) is 2.50. The molecule has 4 nitrogen and oxygen atoms in total. The second-order valence-corrected chi connectivity index (χ2v) is 4.98. The third kappa shape index (κ3) is 2.37. The standard InChI is InChI=1S/C15H18N4/c1-19-8-7-13-12(10-19)14(9-16)18-15(17-13)11-5-3-2-4-6-11/h2-6H,7-10,16H2,1H3. The number of hydrogen-bond donors (Lipinski definition) is 1. The number of benzene rings is 1. The van der Waals surface area contributed by atoms with Crippen molar-refractivity contribution < 1.29 is 0 Å². The molecule has 98 valence electrons. The molecule has 0 atom stereocenters. The quantitative estimate of drug-likeness (QED) is 0.884. The summed E-state index contributed by atoms with van der Waals surface area (Å²) in [6.45, 7) is 2.41. The van der Waals surface area contributed by atoms with Crippen molar-refractivity contribution in [3.8, 4) is 11.4 Å². The van der Waals surface area contributed by atoms with Gasteiger partial charge < -0.3 is 10.6 Å². The number of aromatic nitrogens is 2. The fraction of sp³-hybridized carbons (Fsp3) is 0.333. The fourth-order valence-corrected chi connectivity index (χ4v) is 2.50. The Hall–Kier alpha value is -1.78. The number of likely N-dealkylation sites (N-methyl/N-ethyl adjacent to an activating group) is 1. The van der Waals surface area contributed by atoms with E-state index in [0.29, 0.717) is 6.54 Å². The van der Waals surface area contributed by atoms with Crippen LogP contribution in [0.1, 0.15) is 17.0 Å². The molecule has 1 aromatic heterocycles. The van der Waals surface area contributed by atoms with Gasteiger partial charge in [-0.3, -0.25) is 0 Å². The molecule has 0 radical (unpaired) electrons. The van der Waals surface area contributed by atoms with Crippen molar-refractivity contribution in [1.29, 1.82) is 0 Å². The predicted octanol–water partition coefficient (Wildman–Crippen LogP) is 1.59. The zero-order valence-electron chi connectivity index (χ0n) is 11.1. The van der Waals surface area contributed by atoms with Crippen LogP contribution in [0, 0.1) is 0 Å². The average molecular weight is 254 g/mol. The summed E-state index contributed by atoms with van der Waals surface area (Å²) < 4.78 is 0. The van der Waals surface area contributed by atoms with Crippen LogP contribution in [0.2, 0.25) is 0 Å². The molecule has 0 spiro atoms. The molecule has 0 saturated carbocycles. The molecule has 0 amide bonds. The Labute approximate surface area is 113 Å². The highest BCUT2D eigenvalue weighted by Gasteiger charge is 2.20. The zero-order chi connectivity index (χ0) is 13.2. The number of nitrogens with two attached hydrogens (primary N) is 1. The van der Waals surface area contributed by atoms with Crippen molar-refractivity contribution in [3.63, 3.8) is 0 Å². The van der Waals surface area contributed by atoms with Crippen LogP contribution < -0.4 is 5.73 Å². The van der Waals surface area contributed by atoms with Crippen molar-refractivity contribution in [3.05, 3.63) is 47.3 Å². The van der Waals surface area contributed by atoms with E-state index >= 15 is 0 Å². The van der Waals surface area contributed by atoms with Gasteiger partial charge in [0.15, 0.2) is 5.82 Å². The SMILES string of the molecule is CN1CCc2nc(-c3ccccc3)nc(CN)c2C1. The Balaban J connectivity index is 2.09. The molecule has 3 rings (SSSR count). The topological polar surface area (TPSA) is 55.0 Å². The van der Waals surface area contributed by atoms with Crippen LogP contribution >= 0.6 is 0 Å². The van der Waals surface area contributed by atoms with Crippen LogP contribution in [0.15, 0.2) is 30.3 Å². The van der Waals surface area contributed by atoms with Gasteiger partial charge in [-0.25, -0.2) is 9.97 Å². The molecule has 2 aromatic rings. The van der Waals surface area contributed by atoms with Crippen molar-refractivity contribution in [2.24, 2.45) is 5.73 Å². The molecular formula is C15H18N4. The third-order valence-corrected chi connectivity index (χ3v) is 3.56. The molecule has 1 aromatic carbocycles. The highest BCUT2D eigenvalue weighted by Crippen LogP contribution is 2.23. The molecule has 2 heterocycles. The summed E-state index contributed by atoms with van der Waals surface area (Å²) in [4.78, 5) is 11.7. The molecule has 2 N–H and O–H groups in total. The summed E-state index contributed by atoms with van der Waals surface area (Å²) >= 11 is 0. The maximum atomic E-state index is 5.86. The van der Waals surface area contributed by atoms with Gasteiger partial charge in [0.05, 0.1) is 11.4 Å². The minimum atomic E-state index is 0.471. The largest absolute Gasteiger partial charge is 0.325 e. The maximum absolute atomic E-state index is 5.86. The molecule has 0 aliphatic carbocycles. The molecule has 1 aliphatic rings. The van der Waals surface area contributed by atoms with Crippen molar-refractivity contribution >= 4 is 0 Å². The van der Waals surface area contributed by atoms with E-state index in [4.69, 9.17) is 10.7 Å². The highest BCUT2D eigenvalue weighted by molar-refractivity contribution is 5.55. The van der Waals surface area contributed by atoms with Gasteiger partial charge in [0.1, 0.15) is 0 Å². The zero-order valence-corrected chi connectivity index (χ0v) is 11.1. The summed E-state index contributed by atoms with van der Waals surface area (Å²) in [7, 11) is 2.12. The van der Waals surface area contributed by atoms with E-state index in [2.05, 4.69) is 16.9 Å². The molecule has 4 heteroatoms. The summed E-state index contributed by atoms with van der Waals surface area (Å²) in [6.07, 6.45) is 0.973. The van der Waals surface area contributed by atoms with Crippen LogP contribution in [0.3, 0.4) is 0 Å². The van der Waals surface area contributed by atoms with Gasteiger partial charge in [0.2, 0.25) is 0 Å². The van der Waals surface area contributed by atoms with Gasteiger partial charge in [-0.2, -0.15) is 0 Å². The molecule has 0 bridgehead atoms. The number of hydrogen-bond acceptors (Lipinski definition) is 4. The summed E-state index contributed by atoms with van der Waals surface area (Å²) in [5.74, 6) is 0.796. The van der Waals surface area contributed by atoms with E-state index in [1.54, 1.807) is 0 Å². The average Bonchev–Trinajstić information content (AvgIpc) is 2.47. The van der Waals surface area contributed by atoms with Crippen molar-refractivity contribution in [2.75, 3.05) is 13.6 Å². The van der Waals surface area contributed by atoms with E-state index < -0.39 is 0 Å². The highest BCUT2D eigenvalue weighted by atomic mass is 15.1. The maximum Gasteiger partial charge on any atom is 0.159 e. The van der Waals surface area contributed by atoms with Crippen molar-refractivity contribution in [2.45, 2.75) is 19.5 Å². The Kier molecular flexibility index (Phi) is 3.27. The lowest BCUT2D eigenvalue weighted by Crippen LogP contribution is -2.29. The Morgan fingerprint density at radius 2 is 2.00 bits per heavy atom. The summed E-state index contributed by atoms with van der Waals surface area (Å²) in [5, 5.41) is 0. The van der Waals surface area contributed by atoms with Crippen LogP contribution in [-0.2, 0) is 19.5 Å². The van der Waals surface area contributed by atoms with Gasteiger partial charge in [0.25, 0.3) is 0 Å². The molecule has 0 saturated heterocycles. The monoisotopic (exact) mass is 254 g/mol. The number of fused-ring (bicyclic) bond motifs is 1. The third-order valence-electron chi connectivity index (χ3n) is 3.56. The minimum Gasteiger partial charge on any atom is -0.325 e. The molecule has 1 aliphatic heterocycles. The van der Waals surface area contributed by atoms with Gasteiger partial charge in [-0.1, -0.05) is 30.3 Å². The van der Waals surface area contributed by atoms with Crippen LogP contribution in [0.5, 0.6) is 0 Å². The Bertz CT molecular complexity index is 563. The van der Waals surface area contributed by atoms with E-state index in [-0.39, 0.29) is 0 Å². The minimum absolute atomic E-state index is 0.471. The van der Waals surface area contributed by atoms with Gasteiger partial charge in [0, 0.05) is 37.2 Å². The predicted molar refractivity (Wildman–Crippen MR) is 75.4 cm³/mol. The van der Waals surface area contributed by atoms with Crippen LogP contribution in [0.4, 0.5) is 0 Å². The number of rotatable bonds is 2. The lowest BCUT2D eigenvalue weighted by Gasteiger charge is -2.26. The Morgan fingerprint density at radius 1 is 1.21 bits per heavy atom. The lowest BCUT2D eigenvalue weighted by molar-refractivity contribution is 0.307. The second-order valence-electron chi connectivity index (χ2n) is 4.98. The van der Waals surface area contributed by atoms with E-state index in [1.807, 2.05) is 30.3 Å². The lowest BCUT2D eigenvalue weighted by atomic mass is 10.0. The van der Waals surface area contributed by atoms with Crippen LogP contribution in [0.25, 0.3) is 11.4 Å². The Morgan fingerprint density at radius 3 is 2.74 bits per heavy atom. The molecular weight excluding hydrogens is 236 g/mol. The number of nitrogens with zero attached hydrogens (tertiary/aromatic N) is 3. The molecule has 0 unspecified atom stereocenters. The second kappa shape index (κ2) is 5.07. The first-order valence-electron chi connectivity index (χ1n) is 6.60. The first kappa shape index (κ1) is 12.3. The van der Waals surface area contributed by atoms with E-state index in [0.717, 1.165) is 42.3 Å². The smallest absolute Gasteiger partial charge is 0.159 e. The molecule has 19 heavy (non-hydrogen) atoms. The van der Waals surface area contributed by atoms with E-state index in [1.165, 1.54) is 5.56 Å². The first-order valence-corrected chi connectivity index (χ1v) is 6.60. The van der Waals surface area contributed by atoms with Crippen molar-refractivity contribution in [1.82, 2.24) is 14.9 Å². The summed E-state index contributed by atoms with van der Waals surface area (Å²) in [6, 6.07) is 10.1.